The second-order valence-electron chi connectivity index (χ2n) is 7.28. The highest BCUT2D eigenvalue weighted by Gasteiger charge is 2.22. The summed E-state index contributed by atoms with van der Waals surface area (Å²) in [5.74, 6) is 0.723. The van der Waals surface area contributed by atoms with Gasteiger partial charge in [0.1, 0.15) is 0 Å². The van der Waals surface area contributed by atoms with Crippen molar-refractivity contribution in [1.82, 2.24) is 10.6 Å². The molecule has 0 bridgehead atoms. The molecule has 1 aliphatic rings. The number of allylic oxidation sites excluding steroid dienone is 3. The van der Waals surface area contributed by atoms with Crippen molar-refractivity contribution in [3.63, 3.8) is 0 Å². The average Bonchev–Trinajstić information content (AvgIpc) is 3.12. The molecule has 0 saturated carbocycles. The van der Waals surface area contributed by atoms with Gasteiger partial charge >= 0.3 is 0 Å². The van der Waals surface area contributed by atoms with Crippen LogP contribution in [0.2, 0.25) is 0 Å². The maximum atomic E-state index is 12.0. The minimum absolute atomic E-state index is 0.209. The van der Waals surface area contributed by atoms with Crippen molar-refractivity contribution in [2.45, 2.75) is 46.4 Å². The van der Waals surface area contributed by atoms with Gasteiger partial charge in [0.2, 0.25) is 11.8 Å². The van der Waals surface area contributed by atoms with E-state index < -0.39 is 6.29 Å². The Morgan fingerprint density at radius 3 is 2.57 bits per heavy atom. The van der Waals surface area contributed by atoms with Crippen LogP contribution in [0.4, 0.5) is 0 Å². The first-order chi connectivity index (χ1) is 14.4. The van der Waals surface area contributed by atoms with Gasteiger partial charge in [0.05, 0.1) is 0 Å². The van der Waals surface area contributed by atoms with Crippen LogP contribution in [0.15, 0.2) is 66.3 Å². The lowest BCUT2D eigenvalue weighted by molar-refractivity contribution is -0.117. The third-order valence-corrected chi connectivity index (χ3v) is 4.37. The van der Waals surface area contributed by atoms with Crippen molar-refractivity contribution in [2.75, 3.05) is 6.54 Å². The van der Waals surface area contributed by atoms with E-state index >= 15 is 0 Å². The summed E-state index contributed by atoms with van der Waals surface area (Å²) in [5.41, 5.74) is 3.44. The number of rotatable bonds is 10. The zero-order valence-corrected chi connectivity index (χ0v) is 17.9. The number of hydrogen-bond acceptors (Lipinski definition) is 4. The zero-order valence-electron chi connectivity index (χ0n) is 17.9. The molecule has 0 saturated heterocycles. The molecule has 0 fully saturated rings. The summed E-state index contributed by atoms with van der Waals surface area (Å²) >= 11 is 0. The molecule has 0 radical (unpaired) electrons. The number of amides is 2. The molecule has 1 atom stereocenters. The number of hydrogen-bond donors (Lipinski definition) is 2. The molecule has 1 aromatic carbocycles. The van der Waals surface area contributed by atoms with Crippen LogP contribution in [0.5, 0.6) is 11.5 Å². The highest BCUT2D eigenvalue weighted by atomic mass is 16.7. The summed E-state index contributed by atoms with van der Waals surface area (Å²) in [4.78, 5) is 23.3. The van der Waals surface area contributed by atoms with Crippen LogP contribution >= 0.6 is 0 Å². The van der Waals surface area contributed by atoms with Gasteiger partial charge in [-0.3, -0.25) is 9.59 Å². The van der Waals surface area contributed by atoms with Gasteiger partial charge in [0, 0.05) is 25.2 Å². The summed E-state index contributed by atoms with van der Waals surface area (Å²) in [6.45, 7) is 10.5. The fourth-order valence-electron chi connectivity index (χ4n) is 2.71. The molecular formula is C24H30N2O4. The van der Waals surface area contributed by atoms with E-state index in [-0.39, 0.29) is 11.8 Å². The van der Waals surface area contributed by atoms with Crippen molar-refractivity contribution in [2.24, 2.45) is 0 Å². The lowest BCUT2D eigenvalue weighted by Gasteiger charge is -2.05. The number of carbonyl (C=O) groups is 2. The van der Waals surface area contributed by atoms with Crippen molar-refractivity contribution < 1.29 is 19.1 Å². The SMILES string of the molecule is C=CC(=O)NCc1ccc2c(c1)OC(/C=C/C(=O)NC/C=C(\C)CCC=C(C)C)O2. The third kappa shape index (κ3) is 7.99. The van der Waals surface area contributed by atoms with E-state index in [2.05, 4.69) is 44.1 Å². The summed E-state index contributed by atoms with van der Waals surface area (Å²) in [6, 6.07) is 5.42. The van der Waals surface area contributed by atoms with Crippen LogP contribution < -0.4 is 20.1 Å². The Balaban J connectivity index is 1.76. The summed E-state index contributed by atoms with van der Waals surface area (Å²) in [7, 11) is 0. The maximum absolute atomic E-state index is 12.0. The smallest absolute Gasteiger partial charge is 0.261 e. The molecule has 1 heterocycles. The molecular weight excluding hydrogens is 380 g/mol. The van der Waals surface area contributed by atoms with Gasteiger partial charge in [0.25, 0.3) is 6.29 Å². The van der Waals surface area contributed by atoms with E-state index in [1.807, 2.05) is 12.1 Å². The molecule has 2 N–H and O–H groups in total. The molecule has 2 amide bonds. The second-order valence-corrected chi connectivity index (χ2v) is 7.28. The molecule has 30 heavy (non-hydrogen) atoms. The minimum atomic E-state index is -0.662. The van der Waals surface area contributed by atoms with E-state index in [1.165, 1.54) is 23.3 Å². The van der Waals surface area contributed by atoms with Crippen molar-refractivity contribution in [3.8, 4) is 11.5 Å². The van der Waals surface area contributed by atoms with Gasteiger partial charge < -0.3 is 20.1 Å². The first-order valence-corrected chi connectivity index (χ1v) is 9.99. The first kappa shape index (κ1) is 23.0. The molecule has 0 aliphatic carbocycles. The van der Waals surface area contributed by atoms with E-state index in [0.29, 0.717) is 24.6 Å². The molecule has 1 aliphatic heterocycles. The Kier molecular flexibility index (Phi) is 8.94. The molecule has 2 rings (SSSR count). The van der Waals surface area contributed by atoms with E-state index in [1.54, 1.807) is 18.2 Å². The lowest BCUT2D eigenvalue weighted by Crippen LogP contribution is -2.22. The molecule has 0 aromatic heterocycles. The molecule has 1 unspecified atom stereocenters. The minimum Gasteiger partial charge on any atom is -0.447 e. The van der Waals surface area contributed by atoms with Crippen LogP contribution in [-0.4, -0.2) is 24.6 Å². The Bertz CT molecular complexity index is 864. The fraction of sp³-hybridized carbons (Fsp3) is 0.333. The standard InChI is InChI=1S/C24H30N2O4/c1-5-22(27)26-16-19-9-10-20-21(15-19)30-24(29-20)12-11-23(28)25-14-13-18(4)8-6-7-17(2)3/h5,7,9-13,15,24H,1,6,8,14,16H2,2-4H3,(H,25,28)(H,26,27)/b12-11+,18-13+. The van der Waals surface area contributed by atoms with Gasteiger partial charge in [-0.05, 0) is 57.4 Å². The summed E-state index contributed by atoms with van der Waals surface area (Å²) in [6.07, 6.45) is 9.77. The Morgan fingerprint density at radius 2 is 1.83 bits per heavy atom. The van der Waals surface area contributed by atoms with Crippen molar-refractivity contribution in [3.05, 3.63) is 71.9 Å². The Morgan fingerprint density at radius 1 is 1.07 bits per heavy atom. The van der Waals surface area contributed by atoms with Crippen LogP contribution in [0.25, 0.3) is 0 Å². The number of fused-ring (bicyclic) bond motifs is 1. The van der Waals surface area contributed by atoms with Gasteiger partial charge in [-0.2, -0.15) is 0 Å². The van der Waals surface area contributed by atoms with Crippen LogP contribution in [0.1, 0.15) is 39.2 Å². The quantitative estimate of drug-likeness (QED) is 0.452. The predicted octanol–water partition coefficient (Wildman–Crippen LogP) is 3.95. The number of carbonyl (C=O) groups excluding carboxylic acids is 2. The van der Waals surface area contributed by atoms with E-state index in [9.17, 15) is 9.59 Å². The number of ether oxygens (including phenoxy) is 2. The van der Waals surface area contributed by atoms with Gasteiger partial charge in [-0.15, -0.1) is 0 Å². The van der Waals surface area contributed by atoms with Crippen LogP contribution in [0, 0.1) is 0 Å². The largest absolute Gasteiger partial charge is 0.447 e. The monoisotopic (exact) mass is 410 g/mol. The normalized spacial score (nSPS) is 15.0. The molecule has 0 spiro atoms. The molecule has 160 valence electrons. The maximum Gasteiger partial charge on any atom is 0.261 e. The van der Waals surface area contributed by atoms with Crippen molar-refractivity contribution in [1.29, 1.82) is 0 Å². The van der Waals surface area contributed by atoms with Crippen LogP contribution in [0.3, 0.4) is 0 Å². The predicted molar refractivity (Wildman–Crippen MR) is 118 cm³/mol. The zero-order chi connectivity index (χ0) is 21.9. The molecule has 1 aromatic rings. The molecule has 6 heteroatoms. The van der Waals surface area contributed by atoms with Gasteiger partial charge in [0.15, 0.2) is 11.5 Å². The molecule has 6 nitrogen and oxygen atoms in total. The van der Waals surface area contributed by atoms with Crippen LogP contribution in [-0.2, 0) is 16.1 Å². The number of benzene rings is 1. The van der Waals surface area contributed by atoms with Crippen molar-refractivity contribution >= 4 is 11.8 Å². The average molecular weight is 411 g/mol. The van der Waals surface area contributed by atoms with Gasteiger partial charge in [-0.25, -0.2) is 0 Å². The second kappa shape index (κ2) is 11.7. The van der Waals surface area contributed by atoms with E-state index in [4.69, 9.17) is 9.47 Å². The fourth-order valence-corrected chi connectivity index (χ4v) is 2.71. The lowest BCUT2D eigenvalue weighted by atomic mass is 10.1. The highest BCUT2D eigenvalue weighted by molar-refractivity contribution is 5.87. The Hall–Kier alpha value is -3.28. The Labute approximate surface area is 178 Å². The highest BCUT2D eigenvalue weighted by Crippen LogP contribution is 2.35. The first-order valence-electron chi connectivity index (χ1n) is 9.99. The number of nitrogens with one attached hydrogen (secondary N) is 2. The third-order valence-electron chi connectivity index (χ3n) is 4.37. The topological polar surface area (TPSA) is 76.7 Å². The summed E-state index contributed by atoms with van der Waals surface area (Å²) in [5, 5.41) is 5.53. The summed E-state index contributed by atoms with van der Waals surface area (Å²) < 4.78 is 11.4. The van der Waals surface area contributed by atoms with E-state index in [0.717, 1.165) is 18.4 Å². The van der Waals surface area contributed by atoms with Gasteiger partial charge in [-0.1, -0.05) is 35.9 Å².